The number of halogens is 3. The fourth-order valence-corrected chi connectivity index (χ4v) is 3.65. The van der Waals surface area contributed by atoms with Gasteiger partial charge in [0.05, 0.1) is 11.3 Å². The molecule has 1 aliphatic heterocycles. The second-order valence-corrected chi connectivity index (χ2v) is 7.28. The molecule has 1 fully saturated rings. The molecule has 4 nitrogen and oxygen atoms in total. The maximum Gasteiger partial charge on any atom is 0.416 e. The molecule has 0 N–H and O–H groups in total. The zero-order valence-corrected chi connectivity index (χ0v) is 15.7. The van der Waals surface area contributed by atoms with Crippen LogP contribution in [0.5, 0.6) is 0 Å². The van der Waals surface area contributed by atoms with Crippen molar-refractivity contribution in [2.45, 2.75) is 44.7 Å². The van der Waals surface area contributed by atoms with Crippen LogP contribution in [0.2, 0.25) is 0 Å². The Kier molecular flexibility index (Phi) is 6.65. The van der Waals surface area contributed by atoms with Crippen LogP contribution in [0.25, 0.3) is 0 Å². The minimum Gasteiger partial charge on any atom is -0.342 e. The van der Waals surface area contributed by atoms with E-state index in [0.717, 1.165) is 37.6 Å². The van der Waals surface area contributed by atoms with Gasteiger partial charge in [-0.15, -0.1) is 0 Å². The van der Waals surface area contributed by atoms with E-state index in [1.54, 1.807) is 24.7 Å². The number of piperidine rings is 1. The third-order valence-electron chi connectivity index (χ3n) is 5.18. The predicted octanol–water partition coefficient (Wildman–Crippen LogP) is 4.30. The lowest BCUT2D eigenvalue weighted by molar-refractivity contribution is -0.137. The number of alkyl halides is 3. The Balaban J connectivity index is 1.49. The first-order valence-corrected chi connectivity index (χ1v) is 9.60. The van der Waals surface area contributed by atoms with Crippen molar-refractivity contribution < 1.29 is 18.0 Å². The number of hydrogen-bond acceptors (Lipinski definition) is 3. The van der Waals surface area contributed by atoms with Crippen molar-refractivity contribution in [2.75, 3.05) is 13.1 Å². The average Bonchev–Trinajstić information content (AvgIpc) is 2.71. The lowest BCUT2D eigenvalue weighted by Crippen LogP contribution is -2.40. The average molecular weight is 391 g/mol. The quantitative estimate of drug-likeness (QED) is 0.738. The Labute approximate surface area is 162 Å². The summed E-state index contributed by atoms with van der Waals surface area (Å²) in [5, 5.41) is 0. The van der Waals surface area contributed by atoms with E-state index in [9.17, 15) is 18.0 Å². The first-order valence-electron chi connectivity index (χ1n) is 9.60. The van der Waals surface area contributed by atoms with Gasteiger partial charge in [-0.25, -0.2) is 0 Å². The van der Waals surface area contributed by atoms with Gasteiger partial charge in [0.25, 0.3) is 0 Å². The summed E-state index contributed by atoms with van der Waals surface area (Å²) in [7, 11) is 0. The summed E-state index contributed by atoms with van der Waals surface area (Å²) in [6.07, 6.45) is 4.86. The minimum absolute atomic E-state index is 0.106. The van der Waals surface area contributed by atoms with Gasteiger partial charge in [0.2, 0.25) is 5.91 Å². The van der Waals surface area contributed by atoms with Crippen molar-refractivity contribution in [3.05, 3.63) is 59.7 Å². The normalized spacial score (nSPS) is 17.5. The fraction of sp³-hybridized carbons (Fsp3) is 0.476. The molecule has 0 unspecified atom stereocenters. The van der Waals surface area contributed by atoms with Gasteiger partial charge in [-0.3, -0.25) is 14.8 Å². The molecule has 1 aromatic carbocycles. The Bertz CT molecular complexity index is 780. The second-order valence-electron chi connectivity index (χ2n) is 7.28. The van der Waals surface area contributed by atoms with Crippen LogP contribution in [0, 0.1) is 5.92 Å². The molecule has 150 valence electrons. The van der Waals surface area contributed by atoms with E-state index >= 15 is 0 Å². The van der Waals surface area contributed by atoms with Crippen LogP contribution in [0.3, 0.4) is 0 Å². The monoisotopic (exact) mass is 391 g/mol. The number of hydrogen-bond donors (Lipinski definition) is 0. The van der Waals surface area contributed by atoms with E-state index in [2.05, 4.69) is 9.97 Å². The van der Waals surface area contributed by atoms with Gasteiger partial charge in [-0.1, -0.05) is 18.2 Å². The van der Waals surface area contributed by atoms with E-state index < -0.39 is 11.7 Å². The maximum atomic E-state index is 12.8. The number of benzene rings is 1. The number of aromatic nitrogens is 2. The van der Waals surface area contributed by atoms with Gasteiger partial charge in [0.15, 0.2) is 0 Å². The van der Waals surface area contributed by atoms with Gasteiger partial charge in [-0.05, 0) is 49.7 Å². The summed E-state index contributed by atoms with van der Waals surface area (Å²) < 4.78 is 38.5. The van der Waals surface area contributed by atoms with Crippen LogP contribution in [0.4, 0.5) is 13.2 Å². The number of carbonyl (C=O) groups is 1. The molecule has 0 aliphatic carbocycles. The number of amides is 1. The van der Waals surface area contributed by atoms with Crippen molar-refractivity contribution in [1.29, 1.82) is 0 Å². The van der Waals surface area contributed by atoms with Crippen molar-refractivity contribution in [3.63, 3.8) is 0 Å². The number of rotatable bonds is 6. The van der Waals surface area contributed by atoms with Gasteiger partial charge >= 0.3 is 6.18 Å². The topological polar surface area (TPSA) is 46.1 Å². The first kappa shape index (κ1) is 20.3. The van der Waals surface area contributed by atoms with Crippen LogP contribution in [0.1, 0.15) is 42.5 Å². The van der Waals surface area contributed by atoms with E-state index in [4.69, 9.17) is 0 Å². The highest BCUT2D eigenvalue weighted by atomic mass is 19.4. The molecule has 28 heavy (non-hydrogen) atoms. The van der Waals surface area contributed by atoms with E-state index in [1.807, 2.05) is 4.90 Å². The second kappa shape index (κ2) is 9.17. The van der Waals surface area contributed by atoms with Crippen LogP contribution in [-0.4, -0.2) is 33.9 Å². The van der Waals surface area contributed by atoms with Crippen LogP contribution in [0.15, 0.2) is 42.9 Å². The summed E-state index contributed by atoms with van der Waals surface area (Å²) in [5.41, 5.74) is 0.893. The molecule has 1 aliphatic rings. The highest BCUT2D eigenvalue weighted by Gasteiger charge is 2.30. The Morgan fingerprint density at radius 1 is 1.21 bits per heavy atom. The Morgan fingerprint density at radius 2 is 2.07 bits per heavy atom. The molecule has 0 saturated carbocycles. The van der Waals surface area contributed by atoms with Crippen molar-refractivity contribution in [1.82, 2.24) is 14.9 Å². The molecule has 3 rings (SSSR count). The molecule has 1 aromatic heterocycles. The summed E-state index contributed by atoms with van der Waals surface area (Å²) in [6, 6.07) is 5.53. The summed E-state index contributed by atoms with van der Waals surface area (Å²) in [6.45, 7) is 1.43. The fourth-order valence-electron chi connectivity index (χ4n) is 3.65. The predicted molar refractivity (Wildman–Crippen MR) is 99.4 cm³/mol. The summed E-state index contributed by atoms with van der Waals surface area (Å²) >= 11 is 0. The number of nitrogens with zero attached hydrogens (tertiary/aromatic N) is 3. The lowest BCUT2D eigenvalue weighted by atomic mass is 9.91. The molecule has 2 aromatic rings. The summed E-state index contributed by atoms with van der Waals surface area (Å²) in [4.78, 5) is 22.6. The third-order valence-corrected chi connectivity index (χ3v) is 5.18. The number of aryl methyl sites for hydroxylation is 2. The standard InChI is InChI=1S/C21H24F3N3O/c22-21(23,24)18-5-1-3-16(13-18)6-7-17-4-2-12-27(15-17)20(28)9-8-19-14-25-10-11-26-19/h1,3,5,10-11,13-14,17H,2,4,6-9,12,15H2/t17-/m1/s1. The SMILES string of the molecule is O=C(CCc1cnccn1)N1CCC[C@H](CCc2cccc(C(F)(F)F)c2)C1. The van der Waals surface area contributed by atoms with E-state index in [-0.39, 0.29) is 5.91 Å². The van der Waals surface area contributed by atoms with Gasteiger partial charge < -0.3 is 4.90 Å². The number of carbonyl (C=O) groups excluding carboxylic acids is 1. The molecule has 2 heterocycles. The highest BCUT2D eigenvalue weighted by Crippen LogP contribution is 2.30. The van der Waals surface area contributed by atoms with Gasteiger partial charge in [-0.2, -0.15) is 13.2 Å². The first-order chi connectivity index (χ1) is 13.4. The Hall–Kier alpha value is -2.44. The molecule has 7 heteroatoms. The molecular weight excluding hydrogens is 367 g/mol. The van der Waals surface area contributed by atoms with E-state index in [0.29, 0.717) is 37.3 Å². The smallest absolute Gasteiger partial charge is 0.342 e. The third kappa shape index (κ3) is 5.78. The van der Waals surface area contributed by atoms with Crippen LogP contribution < -0.4 is 0 Å². The summed E-state index contributed by atoms with van der Waals surface area (Å²) in [5.74, 6) is 0.429. The zero-order valence-electron chi connectivity index (χ0n) is 15.7. The Morgan fingerprint density at radius 3 is 2.82 bits per heavy atom. The van der Waals surface area contributed by atoms with Crippen molar-refractivity contribution in [2.24, 2.45) is 5.92 Å². The zero-order chi connectivity index (χ0) is 20.0. The molecule has 1 saturated heterocycles. The molecule has 0 bridgehead atoms. The molecule has 0 spiro atoms. The largest absolute Gasteiger partial charge is 0.416 e. The van der Waals surface area contributed by atoms with Crippen molar-refractivity contribution in [3.8, 4) is 0 Å². The maximum absolute atomic E-state index is 12.8. The van der Waals surface area contributed by atoms with E-state index in [1.165, 1.54) is 12.1 Å². The van der Waals surface area contributed by atoms with Crippen LogP contribution >= 0.6 is 0 Å². The lowest BCUT2D eigenvalue weighted by Gasteiger charge is -2.33. The molecule has 0 radical (unpaired) electrons. The molecule has 1 atom stereocenters. The number of likely N-dealkylation sites (tertiary alicyclic amines) is 1. The van der Waals surface area contributed by atoms with Crippen molar-refractivity contribution >= 4 is 5.91 Å². The van der Waals surface area contributed by atoms with Gasteiger partial charge in [0, 0.05) is 38.1 Å². The van der Waals surface area contributed by atoms with Gasteiger partial charge in [0.1, 0.15) is 0 Å². The van der Waals surface area contributed by atoms with Crippen LogP contribution in [-0.2, 0) is 23.8 Å². The molecular formula is C21H24F3N3O. The highest BCUT2D eigenvalue weighted by molar-refractivity contribution is 5.76. The molecule has 1 amide bonds. The minimum atomic E-state index is -4.31.